The quantitative estimate of drug-likeness (QED) is 0.537. The molecule has 4 amide bonds. The Kier molecular flexibility index (Phi) is 5.47. The van der Waals surface area contributed by atoms with Crippen molar-refractivity contribution in [2.24, 2.45) is 0 Å². The van der Waals surface area contributed by atoms with Gasteiger partial charge in [0.2, 0.25) is 0 Å². The van der Waals surface area contributed by atoms with Gasteiger partial charge in [0, 0.05) is 22.7 Å². The number of carbonyl (C=O) groups is 2. The molecule has 4 N–H and O–H groups in total. The Bertz CT molecular complexity index is 812. The largest absolute Gasteiger partial charge is 0.323 e. The molecule has 0 fully saturated rings. The summed E-state index contributed by atoms with van der Waals surface area (Å²) in [7, 11) is 0. The minimum atomic E-state index is -0.359. The highest BCUT2D eigenvalue weighted by molar-refractivity contribution is 6.02. The normalized spacial score (nSPS) is 9.85. The Morgan fingerprint density at radius 1 is 0.462 bits per heavy atom. The lowest BCUT2D eigenvalue weighted by Crippen LogP contribution is -2.21. The highest BCUT2D eigenvalue weighted by atomic mass is 16.2. The van der Waals surface area contributed by atoms with Crippen LogP contribution in [0.2, 0.25) is 0 Å². The first kappa shape index (κ1) is 17.0. The van der Waals surface area contributed by atoms with E-state index >= 15 is 0 Å². The lowest BCUT2D eigenvalue weighted by Gasteiger charge is -2.10. The molecule has 3 rings (SSSR count). The molecule has 0 aliphatic rings. The van der Waals surface area contributed by atoms with Crippen molar-refractivity contribution in [2.45, 2.75) is 0 Å². The number of amides is 4. The number of para-hydroxylation sites is 2. The van der Waals surface area contributed by atoms with Crippen LogP contribution < -0.4 is 21.3 Å². The molecule has 0 heterocycles. The molecule has 0 saturated carbocycles. The second-order valence-electron chi connectivity index (χ2n) is 5.47. The molecule has 3 aromatic carbocycles. The van der Waals surface area contributed by atoms with Crippen molar-refractivity contribution in [3.8, 4) is 0 Å². The maximum Gasteiger partial charge on any atom is 0.323 e. The standard InChI is InChI=1S/C20H18N4O2/c25-19(21-15-8-3-1-4-9-15)23-17-12-7-13-18(14-17)24-20(26)22-16-10-5-2-6-11-16/h1-14H,(H2,21,23,25)(H2,22,24,26). The minimum Gasteiger partial charge on any atom is -0.308 e. The molecule has 0 aliphatic carbocycles. The molecule has 0 spiro atoms. The number of rotatable bonds is 4. The van der Waals surface area contributed by atoms with Crippen molar-refractivity contribution >= 4 is 34.8 Å². The molecule has 26 heavy (non-hydrogen) atoms. The molecule has 0 atom stereocenters. The Morgan fingerprint density at radius 2 is 0.808 bits per heavy atom. The fourth-order valence-corrected chi connectivity index (χ4v) is 2.30. The average molecular weight is 346 g/mol. The van der Waals surface area contributed by atoms with Crippen molar-refractivity contribution in [1.82, 2.24) is 0 Å². The van der Waals surface area contributed by atoms with Crippen molar-refractivity contribution in [3.05, 3.63) is 84.9 Å². The minimum absolute atomic E-state index is 0.359. The predicted octanol–water partition coefficient (Wildman–Crippen LogP) is 4.97. The molecular formula is C20H18N4O2. The Morgan fingerprint density at radius 3 is 1.23 bits per heavy atom. The lowest BCUT2D eigenvalue weighted by molar-refractivity contribution is 0.261. The predicted molar refractivity (Wildman–Crippen MR) is 105 cm³/mol. The topological polar surface area (TPSA) is 82.3 Å². The molecule has 130 valence electrons. The third-order valence-corrected chi connectivity index (χ3v) is 3.44. The summed E-state index contributed by atoms with van der Waals surface area (Å²) in [6.07, 6.45) is 0. The number of benzene rings is 3. The molecule has 6 heteroatoms. The summed E-state index contributed by atoms with van der Waals surface area (Å²) in [5.74, 6) is 0. The number of hydrogen-bond donors (Lipinski definition) is 4. The molecule has 0 radical (unpaired) electrons. The summed E-state index contributed by atoms with van der Waals surface area (Å²) in [6, 6.07) is 24.5. The average Bonchev–Trinajstić information content (AvgIpc) is 2.63. The number of nitrogens with one attached hydrogen (secondary N) is 4. The van der Waals surface area contributed by atoms with Gasteiger partial charge in [-0.1, -0.05) is 42.5 Å². The first-order chi connectivity index (χ1) is 12.7. The molecule has 0 aromatic heterocycles. The summed E-state index contributed by atoms with van der Waals surface area (Å²) in [5, 5.41) is 10.9. The molecular weight excluding hydrogens is 328 g/mol. The van der Waals surface area contributed by atoms with Crippen molar-refractivity contribution in [1.29, 1.82) is 0 Å². The lowest BCUT2D eigenvalue weighted by atomic mass is 10.2. The van der Waals surface area contributed by atoms with E-state index in [0.29, 0.717) is 22.7 Å². The third-order valence-electron chi connectivity index (χ3n) is 3.44. The number of carbonyl (C=O) groups excluding carboxylic acids is 2. The first-order valence-corrected chi connectivity index (χ1v) is 8.05. The van der Waals surface area contributed by atoms with Gasteiger partial charge in [0.1, 0.15) is 0 Å². The fraction of sp³-hybridized carbons (Fsp3) is 0. The van der Waals surface area contributed by atoms with Gasteiger partial charge in [-0.05, 0) is 42.5 Å². The Hall–Kier alpha value is -3.80. The van der Waals surface area contributed by atoms with E-state index in [4.69, 9.17) is 0 Å². The maximum atomic E-state index is 12.0. The summed E-state index contributed by atoms with van der Waals surface area (Å²) in [4.78, 5) is 24.1. The van der Waals surface area contributed by atoms with E-state index in [2.05, 4.69) is 21.3 Å². The van der Waals surface area contributed by atoms with Gasteiger partial charge in [0.05, 0.1) is 0 Å². The highest BCUT2D eigenvalue weighted by Crippen LogP contribution is 2.16. The van der Waals surface area contributed by atoms with Crippen LogP contribution >= 0.6 is 0 Å². The van der Waals surface area contributed by atoms with Crippen LogP contribution in [0.4, 0.5) is 32.3 Å². The van der Waals surface area contributed by atoms with Gasteiger partial charge in [-0.25, -0.2) is 9.59 Å². The third kappa shape index (κ3) is 5.10. The molecule has 0 unspecified atom stereocenters. The summed E-state index contributed by atoms with van der Waals surface area (Å²) >= 11 is 0. The van der Waals surface area contributed by atoms with E-state index in [1.54, 1.807) is 48.5 Å². The summed E-state index contributed by atoms with van der Waals surface area (Å²) in [6.45, 7) is 0. The molecule has 0 aliphatic heterocycles. The maximum absolute atomic E-state index is 12.0. The van der Waals surface area contributed by atoms with Gasteiger partial charge in [0.15, 0.2) is 0 Å². The van der Waals surface area contributed by atoms with Crippen LogP contribution in [-0.2, 0) is 0 Å². The van der Waals surface area contributed by atoms with Gasteiger partial charge < -0.3 is 21.3 Å². The summed E-state index contributed by atoms with van der Waals surface area (Å²) in [5.41, 5.74) is 2.52. The van der Waals surface area contributed by atoms with Gasteiger partial charge in [-0.2, -0.15) is 0 Å². The second-order valence-corrected chi connectivity index (χ2v) is 5.47. The van der Waals surface area contributed by atoms with E-state index in [-0.39, 0.29) is 12.1 Å². The highest BCUT2D eigenvalue weighted by Gasteiger charge is 2.05. The van der Waals surface area contributed by atoms with Gasteiger partial charge in [-0.3, -0.25) is 0 Å². The van der Waals surface area contributed by atoms with E-state index in [1.807, 2.05) is 36.4 Å². The van der Waals surface area contributed by atoms with Crippen LogP contribution in [-0.4, -0.2) is 12.1 Å². The van der Waals surface area contributed by atoms with Crippen molar-refractivity contribution in [3.63, 3.8) is 0 Å². The SMILES string of the molecule is O=C(Nc1ccccc1)Nc1cccc(NC(=O)Nc2ccccc2)c1. The first-order valence-electron chi connectivity index (χ1n) is 8.05. The van der Waals surface area contributed by atoms with Crippen LogP contribution in [0.1, 0.15) is 0 Å². The summed E-state index contributed by atoms with van der Waals surface area (Å²) < 4.78 is 0. The van der Waals surface area contributed by atoms with Crippen molar-refractivity contribution in [2.75, 3.05) is 21.3 Å². The van der Waals surface area contributed by atoms with Gasteiger partial charge >= 0.3 is 12.1 Å². The van der Waals surface area contributed by atoms with Crippen LogP contribution in [0, 0.1) is 0 Å². The van der Waals surface area contributed by atoms with Crippen LogP contribution in [0.15, 0.2) is 84.9 Å². The molecule has 0 saturated heterocycles. The van der Waals surface area contributed by atoms with E-state index in [9.17, 15) is 9.59 Å². The zero-order valence-corrected chi connectivity index (χ0v) is 13.9. The number of urea groups is 2. The van der Waals surface area contributed by atoms with Crippen molar-refractivity contribution < 1.29 is 9.59 Å². The smallest absolute Gasteiger partial charge is 0.308 e. The molecule has 6 nitrogen and oxygen atoms in total. The second kappa shape index (κ2) is 8.34. The number of anilines is 4. The monoisotopic (exact) mass is 346 g/mol. The van der Waals surface area contributed by atoms with Gasteiger partial charge in [0.25, 0.3) is 0 Å². The molecule has 3 aromatic rings. The fourth-order valence-electron chi connectivity index (χ4n) is 2.30. The van der Waals surface area contributed by atoms with Crippen LogP contribution in [0.5, 0.6) is 0 Å². The van der Waals surface area contributed by atoms with Crippen LogP contribution in [0.25, 0.3) is 0 Å². The molecule has 0 bridgehead atoms. The number of hydrogen-bond acceptors (Lipinski definition) is 2. The zero-order chi connectivity index (χ0) is 18.2. The Balaban J connectivity index is 1.57. The zero-order valence-electron chi connectivity index (χ0n) is 13.9. The van der Waals surface area contributed by atoms with E-state index < -0.39 is 0 Å². The Labute approximate surface area is 151 Å². The van der Waals surface area contributed by atoms with E-state index in [1.165, 1.54) is 0 Å². The van der Waals surface area contributed by atoms with Crippen LogP contribution in [0.3, 0.4) is 0 Å². The van der Waals surface area contributed by atoms with Gasteiger partial charge in [-0.15, -0.1) is 0 Å². The van der Waals surface area contributed by atoms with E-state index in [0.717, 1.165) is 0 Å².